The summed E-state index contributed by atoms with van der Waals surface area (Å²) in [5.74, 6) is -2.43. The van der Waals surface area contributed by atoms with E-state index < -0.39 is 22.7 Å². The molecule has 2 rings (SSSR count). The molecule has 0 saturated carbocycles. The number of non-ortho nitro benzene ring substituents is 1. The number of amides is 1. The molecule has 126 valence electrons. The van der Waals surface area contributed by atoms with Crippen molar-refractivity contribution in [3.8, 4) is 0 Å². The van der Waals surface area contributed by atoms with E-state index in [2.05, 4.69) is 10.6 Å². The number of aliphatic carboxylic acids is 1. The summed E-state index contributed by atoms with van der Waals surface area (Å²) in [7, 11) is 0. The van der Waals surface area contributed by atoms with E-state index in [1.165, 1.54) is 30.5 Å². The van der Waals surface area contributed by atoms with Crippen LogP contribution in [0.1, 0.15) is 25.3 Å². The number of carboxylic acids is 1. The molecule has 1 aliphatic rings. The number of rotatable bonds is 5. The van der Waals surface area contributed by atoms with Gasteiger partial charge in [-0.2, -0.15) is 0 Å². The molecule has 8 heteroatoms. The van der Waals surface area contributed by atoms with E-state index in [-0.39, 0.29) is 23.0 Å². The zero-order chi connectivity index (χ0) is 17.9. The first-order valence-electron chi connectivity index (χ1n) is 7.27. The Morgan fingerprint density at radius 2 is 1.92 bits per heavy atom. The molecule has 0 radical (unpaired) electrons. The first-order chi connectivity index (χ1) is 11.3. The van der Waals surface area contributed by atoms with Crippen LogP contribution in [0.3, 0.4) is 0 Å². The van der Waals surface area contributed by atoms with E-state index in [1.54, 1.807) is 19.9 Å². The minimum Gasteiger partial charge on any atom is -0.478 e. The Morgan fingerprint density at radius 1 is 1.29 bits per heavy atom. The lowest BCUT2D eigenvalue weighted by Gasteiger charge is -2.23. The predicted octanol–water partition coefficient (Wildman–Crippen LogP) is 1.66. The van der Waals surface area contributed by atoms with Gasteiger partial charge in [0.15, 0.2) is 0 Å². The van der Waals surface area contributed by atoms with Gasteiger partial charge in [-0.1, -0.05) is 18.2 Å². The molecule has 0 bridgehead atoms. The van der Waals surface area contributed by atoms with Crippen molar-refractivity contribution in [1.29, 1.82) is 0 Å². The number of allylic oxidation sites excluding steroid dienone is 1. The third-order valence-corrected chi connectivity index (χ3v) is 3.44. The Morgan fingerprint density at radius 3 is 2.42 bits per heavy atom. The Labute approximate surface area is 138 Å². The molecule has 0 aromatic heterocycles. The molecular formula is C16H17N3O5. The van der Waals surface area contributed by atoms with Gasteiger partial charge in [0.05, 0.1) is 10.5 Å². The summed E-state index contributed by atoms with van der Waals surface area (Å²) in [6.45, 7) is 3.54. The molecule has 1 atom stereocenters. The third-order valence-electron chi connectivity index (χ3n) is 3.44. The SMILES string of the molecule is CC(C)NC(=O)C1=C(C(=O)O)C(c2ccc([N+](=O)[O-])cc2)C=CN1. The van der Waals surface area contributed by atoms with Gasteiger partial charge in [0.1, 0.15) is 5.70 Å². The van der Waals surface area contributed by atoms with Gasteiger partial charge in [-0.15, -0.1) is 0 Å². The fourth-order valence-corrected chi connectivity index (χ4v) is 2.40. The highest BCUT2D eigenvalue weighted by atomic mass is 16.6. The van der Waals surface area contributed by atoms with Gasteiger partial charge in [-0.3, -0.25) is 14.9 Å². The van der Waals surface area contributed by atoms with E-state index in [1.807, 2.05) is 0 Å². The molecule has 1 aromatic carbocycles. The molecule has 24 heavy (non-hydrogen) atoms. The molecule has 1 amide bonds. The molecule has 0 aliphatic carbocycles. The summed E-state index contributed by atoms with van der Waals surface area (Å²) in [5, 5.41) is 25.6. The van der Waals surface area contributed by atoms with Gasteiger partial charge in [0.25, 0.3) is 11.6 Å². The topological polar surface area (TPSA) is 122 Å². The molecule has 8 nitrogen and oxygen atoms in total. The fourth-order valence-electron chi connectivity index (χ4n) is 2.40. The lowest BCUT2D eigenvalue weighted by atomic mass is 9.87. The van der Waals surface area contributed by atoms with E-state index >= 15 is 0 Å². The Hall–Kier alpha value is -3.16. The van der Waals surface area contributed by atoms with Gasteiger partial charge in [-0.05, 0) is 25.6 Å². The minimum atomic E-state index is -1.23. The molecule has 0 fully saturated rings. The average Bonchev–Trinajstić information content (AvgIpc) is 2.53. The fraction of sp³-hybridized carbons (Fsp3) is 0.250. The number of carbonyl (C=O) groups excluding carboxylic acids is 1. The molecule has 3 N–H and O–H groups in total. The van der Waals surface area contributed by atoms with Crippen molar-refractivity contribution in [2.75, 3.05) is 0 Å². The number of carboxylic acid groups (broad SMARTS) is 1. The van der Waals surface area contributed by atoms with Gasteiger partial charge < -0.3 is 15.7 Å². The first kappa shape index (κ1) is 17.2. The second-order valence-electron chi connectivity index (χ2n) is 5.55. The number of hydrogen-bond acceptors (Lipinski definition) is 5. The van der Waals surface area contributed by atoms with Crippen LogP contribution in [-0.4, -0.2) is 27.9 Å². The third kappa shape index (κ3) is 3.60. The number of nitro benzene ring substituents is 1. The average molecular weight is 331 g/mol. The van der Waals surface area contributed by atoms with E-state index in [4.69, 9.17) is 0 Å². The Bertz CT molecular complexity index is 735. The maximum Gasteiger partial charge on any atom is 0.334 e. The maximum atomic E-state index is 12.2. The second kappa shape index (κ2) is 6.95. The summed E-state index contributed by atoms with van der Waals surface area (Å²) in [5.41, 5.74) is 0.312. The number of carbonyl (C=O) groups is 2. The van der Waals surface area contributed by atoms with Crippen LogP contribution in [0, 0.1) is 10.1 Å². The minimum absolute atomic E-state index is 0.0398. The molecule has 1 aliphatic heterocycles. The van der Waals surface area contributed by atoms with Gasteiger partial charge >= 0.3 is 5.97 Å². The summed E-state index contributed by atoms with van der Waals surface area (Å²) < 4.78 is 0. The van der Waals surface area contributed by atoms with Gasteiger partial charge in [0, 0.05) is 24.1 Å². The molecule has 1 unspecified atom stereocenters. The summed E-state index contributed by atoms with van der Waals surface area (Å²) in [6.07, 6.45) is 3.09. The predicted molar refractivity (Wildman–Crippen MR) is 86.1 cm³/mol. The Balaban J connectivity index is 2.44. The van der Waals surface area contributed by atoms with Gasteiger partial charge in [-0.25, -0.2) is 4.79 Å². The van der Waals surface area contributed by atoms with Crippen LogP contribution in [0.2, 0.25) is 0 Å². The van der Waals surface area contributed by atoms with Gasteiger partial charge in [0.2, 0.25) is 0 Å². The number of dihydropyridines is 1. The zero-order valence-corrected chi connectivity index (χ0v) is 13.1. The van der Waals surface area contributed by atoms with Crippen LogP contribution in [-0.2, 0) is 9.59 Å². The normalized spacial score (nSPS) is 16.7. The lowest BCUT2D eigenvalue weighted by Crippen LogP contribution is -2.38. The number of nitrogens with zero attached hydrogens (tertiary/aromatic N) is 1. The zero-order valence-electron chi connectivity index (χ0n) is 13.1. The number of hydrogen-bond donors (Lipinski definition) is 3. The standard InChI is InChI=1S/C16H17N3O5/c1-9(2)18-15(20)14-13(16(21)22)12(7-8-17-14)10-3-5-11(6-4-10)19(23)24/h3-9,12,17H,1-2H3,(H,18,20)(H,21,22). The molecule has 0 saturated heterocycles. The summed E-state index contributed by atoms with van der Waals surface area (Å²) in [4.78, 5) is 34.1. The van der Waals surface area contributed by atoms with Crippen LogP contribution in [0.25, 0.3) is 0 Å². The summed E-state index contributed by atoms with van der Waals surface area (Å²) in [6, 6.07) is 5.43. The highest BCUT2D eigenvalue weighted by Crippen LogP contribution is 2.31. The number of benzene rings is 1. The monoisotopic (exact) mass is 331 g/mol. The smallest absolute Gasteiger partial charge is 0.334 e. The van der Waals surface area contributed by atoms with Crippen LogP contribution in [0.4, 0.5) is 5.69 Å². The molecule has 0 spiro atoms. The number of nitrogens with one attached hydrogen (secondary N) is 2. The van der Waals surface area contributed by atoms with Crippen molar-refractivity contribution < 1.29 is 19.6 Å². The number of nitro groups is 1. The van der Waals surface area contributed by atoms with E-state index in [0.717, 1.165) is 0 Å². The van der Waals surface area contributed by atoms with Crippen LogP contribution in [0.5, 0.6) is 0 Å². The first-order valence-corrected chi connectivity index (χ1v) is 7.27. The molecule has 1 aromatic rings. The highest BCUT2D eigenvalue weighted by molar-refractivity contribution is 6.03. The van der Waals surface area contributed by atoms with E-state index in [9.17, 15) is 24.8 Å². The van der Waals surface area contributed by atoms with Crippen molar-refractivity contribution in [3.63, 3.8) is 0 Å². The van der Waals surface area contributed by atoms with E-state index in [0.29, 0.717) is 5.56 Å². The molecular weight excluding hydrogens is 314 g/mol. The van der Waals surface area contributed by atoms with Crippen LogP contribution in [0.15, 0.2) is 47.8 Å². The van der Waals surface area contributed by atoms with Crippen LogP contribution >= 0.6 is 0 Å². The largest absolute Gasteiger partial charge is 0.478 e. The van der Waals surface area contributed by atoms with Crippen molar-refractivity contribution in [1.82, 2.24) is 10.6 Å². The maximum absolute atomic E-state index is 12.2. The van der Waals surface area contributed by atoms with Crippen molar-refractivity contribution in [2.24, 2.45) is 0 Å². The van der Waals surface area contributed by atoms with Crippen molar-refractivity contribution >= 4 is 17.6 Å². The van der Waals surface area contributed by atoms with Crippen LogP contribution < -0.4 is 10.6 Å². The highest BCUT2D eigenvalue weighted by Gasteiger charge is 2.30. The van der Waals surface area contributed by atoms with Crippen molar-refractivity contribution in [3.05, 3.63) is 63.5 Å². The molecule has 1 heterocycles. The van der Waals surface area contributed by atoms with Crippen molar-refractivity contribution in [2.45, 2.75) is 25.8 Å². The lowest BCUT2D eigenvalue weighted by molar-refractivity contribution is -0.384. The quantitative estimate of drug-likeness (QED) is 0.557. The summed E-state index contributed by atoms with van der Waals surface area (Å²) >= 11 is 0. The second-order valence-corrected chi connectivity index (χ2v) is 5.55. The Kier molecular flexibility index (Phi) is 4.98.